The fraction of sp³-hybridized carbons (Fsp3) is 0.308. The summed E-state index contributed by atoms with van der Waals surface area (Å²) in [5.74, 6) is -1.05. The molecule has 2 N–H and O–H groups in total. The quantitative estimate of drug-likeness (QED) is 0.489. The van der Waals surface area contributed by atoms with Crippen LogP contribution in [0.5, 0.6) is 5.75 Å². The summed E-state index contributed by atoms with van der Waals surface area (Å²) in [5, 5.41) is 0. The number of amides is 1. The van der Waals surface area contributed by atoms with Gasteiger partial charge in [-0.15, -0.1) is 0 Å². The van der Waals surface area contributed by atoms with Crippen LogP contribution in [0.1, 0.15) is 27.9 Å². The monoisotopic (exact) mass is 502 g/mol. The molecule has 1 amide bonds. The van der Waals surface area contributed by atoms with Crippen molar-refractivity contribution in [3.05, 3.63) is 77.2 Å². The predicted molar refractivity (Wildman–Crippen MR) is 128 cm³/mol. The molecule has 1 aromatic heterocycles. The summed E-state index contributed by atoms with van der Waals surface area (Å²) < 4.78 is 59.1. The minimum absolute atomic E-state index is 0.0513. The van der Waals surface area contributed by atoms with Crippen molar-refractivity contribution in [1.82, 2.24) is 14.8 Å². The molecule has 4 rings (SSSR count). The van der Waals surface area contributed by atoms with Gasteiger partial charge in [0.2, 0.25) is 0 Å². The van der Waals surface area contributed by atoms with E-state index >= 15 is 0 Å². The second-order valence-corrected chi connectivity index (χ2v) is 8.90. The number of rotatable bonds is 6. The van der Waals surface area contributed by atoms with Gasteiger partial charge in [-0.25, -0.2) is 9.37 Å². The summed E-state index contributed by atoms with van der Waals surface area (Å²) in [5.41, 5.74) is 6.04. The number of alkyl halides is 3. The van der Waals surface area contributed by atoms with Crippen molar-refractivity contribution in [3.8, 4) is 16.9 Å². The number of nitrogens with zero attached hydrogens (tertiary/aromatic N) is 3. The smallest absolute Gasteiger partial charge is 0.419 e. The summed E-state index contributed by atoms with van der Waals surface area (Å²) >= 11 is 0. The first kappa shape index (κ1) is 25.4. The van der Waals surface area contributed by atoms with E-state index in [1.54, 1.807) is 30.3 Å². The van der Waals surface area contributed by atoms with Gasteiger partial charge in [0.25, 0.3) is 5.91 Å². The number of hydrogen-bond acceptors (Lipinski definition) is 5. The molecule has 190 valence electrons. The van der Waals surface area contributed by atoms with E-state index in [2.05, 4.69) is 9.88 Å². The lowest BCUT2D eigenvalue weighted by atomic mass is 10.0. The molecule has 3 aromatic rings. The molecule has 1 atom stereocenters. The Kier molecular flexibility index (Phi) is 7.16. The van der Waals surface area contributed by atoms with Gasteiger partial charge in [-0.2, -0.15) is 13.2 Å². The van der Waals surface area contributed by atoms with Gasteiger partial charge in [0.15, 0.2) is 0 Å². The first-order chi connectivity index (χ1) is 17.0. The summed E-state index contributed by atoms with van der Waals surface area (Å²) in [6.07, 6.45) is -2.64. The highest BCUT2D eigenvalue weighted by molar-refractivity contribution is 5.95. The number of aromatic nitrogens is 1. The summed E-state index contributed by atoms with van der Waals surface area (Å²) in [6.45, 7) is 0.862. The standard InChI is InChI=1S/C26H26F4N4O2/c1-33(2)19-10-11-34(14-19)25(35)17-8-6-16(7-9-17)21-12-20(13-32-24(21)31)36-15-18-4-3-5-22(27)23(18)26(28,29)30/h3-9,12-13,19H,10-11,14-15H2,1-2H3,(H2,31,32). The van der Waals surface area contributed by atoms with Gasteiger partial charge < -0.3 is 20.3 Å². The molecular formula is C26H26F4N4O2. The highest BCUT2D eigenvalue weighted by atomic mass is 19.4. The van der Waals surface area contributed by atoms with Crippen LogP contribution in [0.3, 0.4) is 0 Å². The van der Waals surface area contributed by atoms with Crippen molar-refractivity contribution in [2.45, 2.75) is 25.2 Å². The third kappa shape index (κ3) is 5.43. The van der Waals surface area contributed by atoms with Gasteiger partial charge in [0.05, 0.1) is 11.8 Å². The van der Waals surface area contributed by atoms with Gasteiger partial charge in [-0.3, -0.25) is 4.79 Å². The zero-order valence-corrected chi connectivity index (χ0v) is 19.8. The van der Waals surface area contributed by atoms with Crippen LogP contribution in [0.25, 0.3) is 11.1 Å². The number of anilines is 1. The number of halogens is 4. The van der Waals surface area contributed by atoms with E-state index in [1.165, 1.54) is 12.3 Å². The number of pyridine rings is 1. The number of nitrogens with two attached hydrogens (primary N) is 1. The maximum absolute atomic E-state index is 13.8. The Labute approximate surface area is 206 Å². The van der Waals surface area contributed by atoms with Gasteiger partial charge in [0, 0.05) is 35.8 Å². The van der Waals surface area contributed by atoms with E-state index in [-0.39, 0.29) is 23.0 Å². The van der Waals surface area contributed by atoms with Gasteiger partial charge in [-0.1, -0.05) is 24.3 Å². The molecule has 1 fully saturated rings. The Hall–Kier alpha value is -3.66. The Morgan fingerprint density at radius 1 is 1.19 bits per heavy atom. The van der Waals surface area contributed by atoms with Crippen LogP contribution in [0.4, 0.5) is 23.4 Å². The fourth-order valence-electron chi connectivity index (χ4n) is 4.26. The SMILES string of the molecule is CN(C)C1CCN(C(=O)c2ccc(-c3cc(OCc4cccc(F)c4C(F)(F)F)cnc3N)cc2)C1. The molecule has 1 aliphatic heterocycles. The topological polar surface area (TPSA) is 71.7 Å². The van der Waals surface area contributed by atoms with Gasteiger partial charge in [0.1, 0.15) is 24.0 Å². The molecule has 1 saturated heterocycles. The maximum atomic E-state index is 13.8. The van der Waals surface area contributed by atoms with Crippen LogP contribution in [-0.4, -0.2) is 53.9 Å². The minimum Gasteiger partial charge on any atom is -0.487 e. The number of likely N-dealkylation sites (tertiary alicyclic amines) is 1. The van der Waals surface area contributed by atoms with E-state index < -0.39 is 24.2 Å². The zero-order chi connectivity index (χ0) is 26.0. The van der Waals surface area contributed by atoms with Crippen molar-refractivity contribution >= 4 is 11.7 Å². The Balaban J connectivity index is 1.50. The summed E-state index contributed by atoms with van der Waals surface area (Å²) in [6, 6.07) is 11.9. The van der Waals surface area contributed by atoms with Crippen molar-refractivity contribution in [2.75, 3.05) is 32.9 Å². The number of hydrogen-bond donors (Lipinski definition) is 1. The minimum atomic E-state index is -4.85. The number of ether oxygens (including phenoxy) is 1. The van der Waals surface area contributed by atoms with E-state index in [0.717, 1.165) is 18.6 Å². The van der Waals surface area contributed by atoms with Gasteiger partial charge >= 0.3 is 6.18 Å². The van der Waals surface area contributed by atoms with E-state index in [0.29, 0.717) is 35.8 Å². The number of carbonyl (C=O) groups is 1. The average Bonchev–Trinajstić information content (AvgIpc) is 3.33. The molecular weight excluding hydrogens is 476 g/mol. The largest absolute Gasteiger partial charge is 0.487 e. The van der Waals surface area contributed by atoms with Crippen LogP contribution < -0.4 is 10.5 Å². The van der Waals surface area contributed by atoms with Crippen LogP contribution in [0, 0.1) is 5.82 Å². The fourth-order valence-corrected chi connectivity index (χ4v) is 4.26. The Morgan fingerprint density at radius 3 is 2.56 bits per heavy atom. The van der Waals surface area contributed by atoms with E-state index in [4.69, 9.17) is 10.5 Å². The van der Waals surface area contributed by atoms with E-state index in [1.807, 2.05) is 19.0 Å². The lowest BCUT2D eigenvalue weighted by molar-refractivity contribution is -0.141. The van der Waals surface area contributed by atoms with E-state index in [9.17, 15) is 22.4 Å². The van der Waals surface area contributed by atoms with Crippen LogP contribution in [0.15, 0.2) is 54.7 Å². The number of nitrogen functional groups attached to an aromatic ring is 1. The van der Waals surface area contributed by atoms with Crippen LogP contribution in [0.2, 0.25) is 0 Å². The Morgan fingerprint density at radius 2 is 1.92 bits per heavy atom. The number of carbonyl (C=O) groups excluding carboxylic acids is 1. The third-order valence-corrected chi connectivity index (χ3v) is 6.29. The van der Waals surface area contributed by atoms with Crippen LogP contribution in [-0.2, 0) is 12.8 Å². The second-order valence-electron chi connectivity index (χ2n) is 8.90. The molecule has 0 bridgehead atoms. The molecule has 0 saturated carbocycles. The third-order valence-electron chi connectivity index (χ3n) is 6.29. The normalized spacial score (nSPS) is 16.0. The highest BCUT2D eigenvalue weighted by Crippen LogP contribution is 2.35. The van der Waals surface area contributed by atoms with Crippen LogP contribution >= 0.6 is 0 Å². The molecule has 2 heterocycles. The molecule has 2 aromatic carbocycles. The summed E-state index contributed by atoms with van der Waals surface area (Å²) in [7, 11) is 3.99. The zero-order valence-electron chi connectivity index (χ0n) is 19.8. The molecule has 0 radical (unpaired) electrons. The highest BCUT2D eigenvalue weighted by Gasteiger charge is 2.36. The molecule has 1 unspecified atom stereocenters. The van der Waals surface area contributed by atoms with Crippen molar-refractivity contribution < 1.29 is 27.1 Å². The van der Waals surface area contributed by atoms with Crippen molar-refractivity contribution in [1.29, 1.82) is 0 Å². The summed E-state index contributed by atoms with van der Waals surface area (Å²) in [4.78, 5) is 20.9. The maximum Gasteiger partial charge on any atom is 0.419 e. The molecule has 1 aliphatic rings. The first-order valence-corrected chi connectivity index (χ1v) is 11.3. The molecule has 6 nitrogen and oxygen atoms in total. The molecule has 0 aliphatic carbocycles. The lowest BCUT2D eigenvalue weighted by Gasteiger charge is -2.20. The van der Waals surface area contributed by atoms with Gasteiger partial charge in [-0.05, 0) is 50.3 Å². The lowest BCUT2D eigenvalue weighted by Crippen LogP contribution is -2.34. The Bertz CT molecular complexity index is 1250. The van der Waals surface area contributed by atoms with Crippen molar-refractivity contribution in [3.63, 3.8) is 0 Å². The molecule has 10 heteroatoms. The van der Waals surface area contributed by atoms with Crippen molar-refractivity contribution in [2.24, 2.45) is 0 Å². The first-order valence-electron chi connectivity index (χ1n) is 11.3. The average molecular weight is 503 g/mol. The predicted octanol–water partition coefficient (Wildman–Crippen LogP) is 4.84. The molecule has 0 spiro atoms. The number of benzene rings is 2. The number of likely N-dealkylation sites (N-methyl/N-ethyl adjacent to an activating group) is 1. The molecule has 36 heavy (non-hydrogen) atoms. The second kappa shape index (κ2) is 10.1.